The van der Waals surface area contributed by atoms with Gasteiger partial charge in [0.1, 0.15) is 0 Å². The van der Waals surface area contributed by atoms with Crippen molar-refractivity contribution >= 4 is 0 Å². The molecule has 106 valence electrons. The zero-order valence-electron chi connectivity index (χ0n) is 11.7. The molecule has 1 aromatic carbocycles. The lowest BCUT2D eigenvalue weighted by Crippen LogP contribution is -2.37. The minimum absolute atomic E-state index is 0.123. The van der Waals surface area contributed by atoms with Crippen LogP contribution in [-0.4, -0.2) is 25.9 Å². The van der Waals surface area contributed by atoms with E-state index in [9.17, 15) is 5.11 Å². The van der Waals surface area contributed by atoms with Gasteiger partial charge in [0.15, 0.2) is 11.5 Å². The Morgan fingerprint density at radius 3 is 2.37 bits per heavy atom. The number of ether oxygens (including phenoxy) is 2. The fraction of sp³-hybridized carbons (Fsp3) is 0.600. The molecule has 0 radical (unpaired) electrons. The lowest BCUT2D eigenvalue weighted by molar-refractivity contribution is 0.281. The van der Waals surface area contributed by atoms with Crippen molar-refractivity contribution in [2.75, 3.05) is 20.8 Å². The van der Waals surface area contributed by atoms with Crippen LogP contribution in [0, 0.1) is 0 Å². The van der Waals surface area contributed by atoms with E-state index in [1.54, 1.807) is 7.11 Å². The minimum Gasteiger partial charge on any atom is -0.504 e. The first-order valence-electron chi connectivity index (χ1n) is 6.83. The van der Waals surface area contributed by atoms with E-state index in [2.05, 4.69) is 0 Å². The summed E-state index contributed by atoms with van der Waals surface area (Å²) in [7, 11) is 3.10. The van der Waals surface area contributed by atoms with E-state index in [-0.39, 0.29) is 11.2 Å². The van der Waals surface area contributed by atoms with E-state index in [0.717, 1.165) is 31.2 Å². The van der Waals surface area contributed by atoms with Crippen LogP contribution in [0.2, 0.25) is 0 Å². The van der Waals surface area contributed by atoms with Crippen molar-refractivity contribution in [2.24, 2.45) is 5.73 Å². The highest BCUT2D eigenvalue weighted by Crippen LogP contribution is 2.48. The second-order valence-corrected chi connectivity index (χ2v) is 5.24. The van der Waals surface area contributed by atoms with Crippen LogP contribution >= 0.6 is 0 Å². The lowest BCUT2D eigenvalue weighted by Gasteiger charge is -2.37. The third-order valence-corrected chi connectivity index (χ3v) is 4.29. The molecule has 0 saturated heterocycles. The van der Waals surface area contributed by atoms with E-state index in [1.807, 2.05) is 12.1 Å². The molecule has 0 atom stereocenters. The number of phenolic OH excluding ortho intramolecular Hbond substituents is 1. The number of hydrogen-bond acceptors (Lipinski definition) is 4. The molecular weight excluding hydrogens is 242 g/mol. The zero-order valence-corrected chi connectivity index (χ0v) is 11.7. The largest absolute Gasteiger partial charge is 0.504 e. The maximum absolute atomic E-state index is 10.5. The number of rotatable bonds is 4. The Bertz CT molecular complexity index is 439. The van der Waals surface area contributed by atoms with Gasteiger partial charge in [-0.15, -0.1) is 0 Å². The van der Waals surface area contributed by atoms with Crippen LogP contribution in [0.15, 0.2) is 12.1 Å². The molecule has 4 nitrogen and oxygen atoms in total. The molecule has 0 unspecified atom stereocenters. The molecule has 0 heterocycles. The van der Waals surface area contributed by atoms with E-state index in [4.69, 9.17) is 15.2 Å². The highest BCUT2D eigenvalue weighted by molar-refractivity contribution is 5.57. The van der Waals surface area contributed by atoms with Gasteiger partial charge in [-0.05, 0) is 18.9 Å². The fourth-order valence-corrected chi connectivity index (χ4v) is 3.15. The van der Waals surface area contributed by atoms with Gasteiger partial charge in [-0.3, -0.25) is 0 Å². The normalized spacial score (nSPS) is 18.1. The van der Waals surface area contributed by atoms with E-state index < -0.39 is 0 Å². The van der Waals surface area contributed by atoms with Crippen molar-refractivity contribution < 1.29 is 14.6 Å². The third-order valence-electron chi connectivity index (χ3n) is 4.29. The molecule has 2 rings (SSSR count). The number of methoxy groups -OCH3 is 2. The molecule has 1 fully saturated rings. The Kier molecular flexibility index (Phi) is 4.20. The van der Waals surface area contributed by atoms with Gasteiger partial charge >= 0.3 is 0 Å². The monoisotopic (exact) mass is 265 g/mol. The summed E-state index contributed by atoms with van der Waals surface area (Å²) >= 11 is 0. The molecule has 3 N–H and O–H groups in total. The summed E-state index contributed by atoms with van der Waals surface area (Å²) in [6.07, 6.45) is 5.60. The molecular formula is C15H23NO3. The van der Waals surface area contributed by atoms with Crippen LogP contribution in [-0.2, 0) is 5.41 Å². The first-order chi connectivity index (χ1) is 9.18. The average Bonchev–Trinajstić information content (AvgIpc) is 2.47. The summed E-state index contributed by atoms with van der Waals surface area (Å²) in [5.41, 5.74) is 6.79. The third kappa shape index (κ3) is 2.37. The van der Waals surface area contributed by atoms with Gasteiger partial charge in [-0.1, -0.05) is 25.3 Å². The summed E-state index contributed by atoms with van der Waals surface area (Å²) in [5.74, 6) is 1.12. The summed E-state index contributed by atoms with van der Waals surface area (Å²) in [6.45, 7) is 0.552. The zero-order chi connectivity index (χ0) is 13.9. The van der Waals surface area contributed by atoms with Crippen LogP contribution in [0.5, 0.6) is 17.2 Å². The van der Waals surface area contributed by atoms with Gasteiger partial charge in [0.25, 0.3) is 0 Å². The maximum Gasteiger partial charge on any atom is 0.203 e. The number of hydrogen-bond donors (Lipinski definition) is 2. The smallest absolute Gasteiger partial charge is 0.203 e. The topological polar surface area (TPSA) is 64.7 Å². The second kappa shape index (κ2) is 5.70. The molecule has 1 aliphatic carbocycles. The molecule has 1 saturated carbocycles. The van der Waals surface area contributed by atoms with Crippen LogP contribution in [0.3, 0.4) is 0 Å². The summed E-state index contributed by atoms with van der Waals surface area (Å²) in [4.78, 5) is 0. The van der Waals surface area contributed by atoms with Gasteiger partial charge in [-0.25, -0.2) is 0 Å². The molecule has 0 amide bonds. The quantitative estimate of drug-likeness (QED) is 0.878. The number of nitrogens with two attached hydrogens (primary N) is 1. The standard InChI is InChI=1S/C15H23NO3/c1-18-12-7-6-11(13(17)14(12)19-2)15(10-16)8-4-3-5-9-15/h6-7,17H,3-5,8-10,16H2,1-2H3. The molecule has 1 aliphatic rings. The Labute approximate surface area is 114 Å². The van der Waals surface area contributed by atoms with Gasteiger partial charge in [-0.2, -0.15) is 0 Å². The first-order valence-corrected chi connectivity index (χ1v) is 6.83. The number of phenols is 1. The van der Waals surface area contributed by atoms with Crippen molar-refractivity contribution in [3.8, 4) is 17.2 Å². The van der Waals surface area contributed by atoms with E-state index in [0.29, 0.717) is 18.0 Å². The molecule has 1 aromatic rings. The van der Waals surface area contributed by atoms with E-state index >= 15 is 0 Å². The summed E-state index contributed by atoms with van der Waals surface area (Å²) in [5, 5.41) is 10.5. The predicted octanol–water partition coefficient (Wildman–Crippen LogP) is 2.57. The van der Waals surface area contributed by atoms with Crippen molar-refractivity contribution in [3.05, 3.63) is 17.7 Å². The molecule has 0 aromatic heterocycles. The van der Waals surface area contributed by atoms with Crippen molar-refractivity contribution in [1.82, 2.24) is 0 Å². The van der Waals surface area contributed by atoms with Gasteiger partial charge < -0.3 is 20.3 Å². The van der Waals surface area contributed by atoms with Crippen LogP contribution in [0.1, 0.15) is 37.7 Å². The Morgan fingerprint density at radius 1 is 1.16 bits per heavy atom. The maximum atomic E-state index is 10.5. The van der Waals surface area contributed by atoms with Crippen LogP contribution in [0.25, 0.3) is 0 Å². The van der Waals surface area contributed by atoms with Crippen molar-refractivity contribution in [2.45, 2.75) is 37.5 Å². The Morgan fingerprint density at radius 2 is 1.84 bits per heavy atom. The van der Waals surface area contributed by atoms with E-state index in [1.165, 1.54) is 13.5 Å². The van der Waals surface area contributed by atoms with Gasteiger partial charge in [0.2, 0.25) is 5.75 Å². The molecule has 19 heavy (non-hydrogen) atoms. The van der Waals surface area contributed by atoms with Crippen molar-refractivity contribution in [3.63, 3.8) is 0 Å². The molecule has 0 bridgehead atoms. The summed E-state index contributed by atoms with van der Waals surface area (Å²) < 4.78 is 10.5. The average molecular weight is 265 g/mol. The minimum atomic E-state index is -0.123. The molecule has 4 heteroatoms. The van der Waals surface area contributed by atoms with Crippen LogP contribution in [0.4, 0.5) is 0 Å². The molecule has 0 spiro atoms. The highest BCUT2D eigenvalue weighted by atomic mass is 16.5. The SMILES string of the molecule is COc1ccc(C2(CN)CCCCC2)c(O)c1OC. The number of aromatic hydroxyl groups is 1. The van der Waals surface area contributed by atoms with Crippen LogP contribution < -0.4 is 15.2 Å². The highest BCUT2D eigenvalue weighted by Gasteiger charge is 2.36. The number of benzene rings is 1. The second-order valence-electron chi connectivity index (χ2n) is 5.24. The van der Waals surface area contributed by atoms with Gasteiger partial charge in [0.05, 0.1) is 14.2 Å². The van der Waals surface area contributed by atoms with Crippen molar-refractivity contribution in [1.29, 1.82) is 0 Å². The Hall–Kier alpha value is -1.42. The van der Waals surface area contributed by atoms with Gasteiger partial charge in [0, 0.05) is 17.5 Å². The molecule has 0 aliphatic heterocycles. The lowest BCUT2D eigenvalue weighted by atomic mass is 9.69. The first kappa shape index (κ1) is 14.0. The predicted molar refractivity (Wildman–Crippen MR) is 75.0 cm³/mol. The summed E-state index contributed by atoms with van der Waals surface area (Å²) in [6, 6.07) is 3.77. The fourth-order valence-electron chi connectivity index (χ4n) is 3.15. The Balaban J connectivity index is 2.49.